The Morgan fingerprint density at radius 3 is 3.04 bits per heavy atom. The first kappa shape index (κ1) is 14.5. The molecule has 0 spiro atoms. The summed E-state index contributed by atoms with van der Waals surface area (Å²) in [7, 11) is 1.43. The van der Waals surface area contributed by atoms with E-state index in [4.69, 9.17) is 9.47 Å². The summed E-state index contributed by atoms with van der Waals surface area (Å²) in [6.45, 7) is 0.164. The Hall–Kier alpha value is -3.43. The largest absolute Gasteiger partial charge is 0.454 e. The monoisotopic (exact) mass is 317 g/mol. The fourth-order valence-corrected chi connectivity index (χ4v) is 2.03. The quantitative estimate of drug-likeness (QED) is 0.506. The molecule has 1 aliphatic heterocycles. The van der Waals surface area contributed by atoms with Gasteiger partial charge in [-0.15, -0.1) is 0 Å². The molecular formula is C13H11N5O5. The molecule has 1 N–H and O–H groups in total. The van der Waals surface area contributed by atoms with E-state index in [1.807, 2.05) is 0 Å². The Bertz CT molecular complexity index is 813. The maximum absolute atomic E-state index is 12.0. The van der Waals surface area contributed by atoms with Gasteiger partial charge in [0, 0.05) is 7.05 Å². The Morgan fingerprint density at radius 2 is 2.26 bits per heavy atom. The number of nitrogens with zero attached hydrogens (tertiary/aromatic N) is 4. The van der Waals surface area contributed by atoms with Crippen LogP contribution in [-0.4, -0.2) is 33.6 Å². The molecule has 10 heteroatoms. The van der Waals surface area contributed by atoms with Crippen LogP contribution >= 0.6 is 0 Å². The predicted octanol–water partition coefficient (Wildman–Crippen LogP) is 0.821. The highest BCUT2D eigenvalue weighted by atomic mass is 16.7. The zero-order valence-electron chi connectivity index (χ0n) is 11.9. The molecule has 0 aliphatic carbocycles. The van der Waals surface area contributed by atoms with Crippen LogP contribution in [0.3, 0.4) is 0 Å². The maximum atomic E-state index is 12.0. The van der Waals surface area contributed by atoms with E-state index in [2.05, 4.69) is 15.6 Å². The van der Waals surface area contributed by atoms with E-state index in [1.54, 1.807) is 18.2 Å². The lowest BCUT2D eigenvalue weighted by Crippen LogP contribution is -2.22. The Balaban J connectivity index is 1.72. The molecule has 0 bridgehead atoms. The molecule has 2 heterocycles. The van der Waals surface area contributed by atoms with Crippen LogP contribution in [-0.2, 0) is 7.05 Å². The molecule has 0 unspecified atom stereocenters. The standard InChI is InChI=1S/C13H11N5O5/c1-17-12(9(6-15-17)18(20)21)13(19)16-14-5-8-2-3-10-11(4-8)23-7-22-10/h2-6H,7H2,1H3,(H,16,19)/b14-5-. The van der Waals surface area contributed by atoms with Crippen LogP contribution in [0.15, 0.2) is 29.5 Å². The molecule has 1 aromatic heterocycles. The van der Waals surface area contributed by atoms with Gasteiger partial charge in [-0.3, -0.25) is 19.6 Å². The summed E-state index contributed by atoms with van der Waals surface area (Å²) >= 11 is 0. The van der Waals surface area contributed by atoms with E-state index in [0.29, 0.717) is 17.1 Å². The van der Waals surface area contributed by atoms with Crippen molar-refractivity contribution in [3.05, 3.63) is 45.8 Å². The molecule has 10 nitrogen and oxygen atoms in total. The van der Waals surface area contributed by atoms with Crippen molar-refractivity contribution >= 4 is 17.8 Å². The smallest absolute Gasteiger partial charge is 0.320 e. The van der Waals surface area contributed by atoms with Gasteiger partial charge in [-0.25, -0.2) is 5.43 Å². The molecule has 1 aromatic carbocycles. The van der Waals surface area contributed by atoms with Gasteiger partial charge in [0.1, 0.15) is 6.20 Å². The number of benzene rings is 1. The van der Waals surface area contributed by atoms with Crippen LogP contribution in [0.4, 0.5) is 5.69 Å². The minimum Gasteiger partial charge on any atom is -0.454 e. The van der Waals surface area contributed by atoms with E-state index in [-0.39, 0.29) is 18.2 Å². The van der Waals surface area contributed by atoms with Gasteiger partial charge in [-0.2, -0.15) is 10.2 Å². The van der Waals surface area contributed by atoms with Gasteiger partial charge in [-0.05, 0) is 23.8 Å². The zero-order valence-corrected chi connectivity index (χ0v) is 11.9. The van der Waals surface area contributed by atoms with Crippen molar-refractivity contribution < 1.29 is 19.2 Å². The summed E-state index contributed by atoms with van der Waals surface area (Å²) in [4.78, 5) is 22.2. The van der Waals surface area contributed by atoms with E-state index >= 15 is 0 Å². The number of aryl methyl sites for hydroxylation is 1. The Kier molecular flexibility index (Phi) is 3.63. The topological polar surface area (TPSA) is 121 Å². The van der Waals surface area contributed by atoms with Crippen LogP contribution in [0.2, 0.25) is 0 Å². The van der Waals surface area contributed by atoms with Crippen molar-refractivity contribution in [1.82, 2.24) is 15.2 Å². The number of fused-ring (bicyclic) bond motifs is 1. The number of aromatic nitrogens is 2. The van der Waals surface area contributed by atoms with Crippen molar-refractivity contribution in [2.75, 3.05) is 6.79 Å². The van der Waals surface area contributed by atoms with Gasteiger partial charge in [0.05, 0.1) is 11.1 Å². The number of amides is 1. The number of ether oxygens (including phenoxy) is 2. The van der Waals surface area contributed by atoms with Crippen molar-refractivity contribution in [3.63, 3.8) is 0 Å². The Morgan fingerprint density at radius 1 is 1.48 bits per heavy atom. The van der Waals surface area contributed by atoms with E-state index < -0.39 is 10.8 Å². The first-order chi connectivity index (χ1) is 11.1. The summed E-state index contributed by atoms with van der Waals surface area (Å²) in [5, 5.41) is 18.3. The normalized spacial score (nSPS) is 12.6. The van der Waals surface area contributed by atoms with E-state index in [9.17, 15) is 14.9 Å². The molecule has 0 radical (unpaired) electrons. The lowest BCUT2D eigenvalue weighted by atomic mass is 10.2. The predicted molar refractivity (Wildman–Crippen MR) is 77.5 cm³/mol. The van der Waals surface area contributed by atoms with Gasteiger partial charge >= 0.3 is 5.69 Å². The number of carbonyl (C=O) groups excluding carboxylic acids is 1. The number of rotatable bonds is 4. The fourth-order valence-electron chi connectivity index (χ4n) is 2.03. The molecule has 0 saturated heterocycles. The summed E-state index contributed by atoms with van der Waals surface area (Å²) in [5.74, 6) is 0.493. The van der Waals surface area contributed by atoms with Gasteiger partial charge < -0.3 is 9.47 Å². The molecular weight excluding hydrogens is 306 g/mol. The molecule has 0 fully saturated rings. The highest BCUT2D eigenvalue weighted by molar-refractivity contribution is 5.96. The molecule has 0 atom stereocenters. The minimum atomic E-state index is -0.728. The average molecular weight is 317 g/mol. The van der Waals surface area contributed by atoms with Gasteiger partial charge in [0.15, 0.2) is 11.5 Å². The molecule has 118 valence electrons. The van der Waals surface area contributed by atoms with Crippen LogP contribution in [0, 0.1) is 10.1 Å². The van der Waals surface area contributed by atoms with Gasteiger partial charge in [-0.1, -0.05) is 0 Å². The Labute approximate surface area is 129 Å². The van der Waals surface area contributed by atoms with Crippen molar-refractivity contribution in [1.29, 1.82) is 0 Å². The van der Waals surface area contributed by atoms with Crippen molar-refractivity contribution in [3.8, 4) is 11.5 Å². The van der Waals surface area contributed by atoms with E-state index in [0.717, 1.165) is 10.9 Å². The van der Waals surface area contributed by atoms with Crippen LogP contribution in [0.1, 0.15) is 16.1 Å². The number of carbonyl (C=O) groups is 1. The number of nitro groups is 1. The first-order valence-corrected chi connectivity index (χ1v) is 6.45. The summed E-state index contributed by atoms with van der Waals surface area (Å²) in [6.07, 6.45) is 2.40. The van der Waals surface area contributed by atoms with E-state index in [1.165, 1.54) is 13.3 Å². The maximum Gasteiger partial charge on any atom is 0.320 e. The number of nitrogens with one attached hydrogen (secondary N) is 1. The van der Waals surface area contributed by atoms with Crippen LogP contribution in [0.5, 0.6) is 11.5 Å². The number of hydrogen-bond acceptors (Lipinski definition) is 7. The third kappa shape index (κ3) is 2.81. The van der Waals surface area contributed by atoms with Gasteiger partial charge in [0.2, 0.25) is 12.5 Å². The molecule has 3 rings (SSSR count). The van der Waals surface area contributed by atoms with Crippen molar-refractivity contribution in [2.45, 2.75) is 0 Å². The molecule has 0 saturated carbocycles. The number of hydrogen-bond donors (Lipinski definition) is 1. The van der Waals surface area contributed by atoms with Crippen LogP contribution in [0.25, 0.3) is 0 Å². The second-order valence-electron chi connectivity index (χ2n) is 4.57. The zero-order chi connectivity index (χ0) is 16.4. The summed E-state index contributed by atoms with van der Waals surface area (Å²) in [6, 6.07) is 5.15. The second kappa shape index (κ2) is 5.75. The third-order valence-corrected chi connectivity index (χ3v) is 3.11. The number of hydrazone groups is 1. The molecule has 23 heavy (non-hydrogen) atoms. The fraction of sp³-hybridized carbons (Fsp3) is 0.154. The second-order valence-corrected chi connectivity index (χ2v) is 4.57. The van der Waals surface area contributed by atoms with Gasteiger partial charge in [0.25, 0.3) is 5.91 Å². The highest BCUT2D eigenvalue weighted by Crippen LogP contribution is 2.31. The van der Waals surface area contributed by atoms with Crippen LogP contribution < -0.4 is 14.9 Å². The minimum absolute atomic E-state index is 0.164. The highest BCUT2D eigenvalue weighted by Gasteiger charge is 2.25. The third-order valence-electron chi connectivity index (χ3n) is 3.11. The summed E-state index contributed by atoms with van der Waals surface area (Å²) in [5.41, 5.74) is 2.34. The lowest BCUT2D eigenvalue weighted by Gasteiger charge is -2.00. The van der Waals surface area contributed by atoms with Crippen molar-refractivity contribution in [2.24, 2.45) is 12.1 Å². The molecule has 2 aromatic rings. The summed E-state index contributed by atoms with van der Waals surface area (Å²) < 4.78 is 11.5. The first-order valence-electron chi connectivity index (χ1n) is 6.45. The lowest BCUT2D eigenvalue weighted by molar-refractivity contribution is -0.385. The molecule has 1 amide bonds. The average Bonchev–Trinajstić information content (AvgIpc) is 3.12. The molecule has 1 aliphatic rings. The SMILES string of the molecule is Cn1ncc([N+](=O)[O-])c1C(=O)N/N=C\c1ccc2c(c1)OCO2.